The number of benzene rings is 2. The lowest BCUT2D eigenvalue weighted by molar-refractivity contribution is -0.115. The van der Waals surface area contributed by atoms with E-state index in [4.69, 9.17) is 21.7 Å². The van der Waals surface area contributed by atoms with E-state index in [-0.39, 0.29) is 28.2 Å². The summed E-state index contributed by atoms with van der Waals surface area (Å²) in [5.41, 5.74) is -0.334. The van der Waals surface area contributed by atoms with Gasteiger partial charge in [0.2, 0.25) is 0 Å². The molecule has 3 N–H and O–H groups in total. The fraction of sp³-hybridized carbons (Fsp3) is 0.227. The van der Waals surface area contributed by atoms with Gasteiger partial charge in [0.1, 0.15) is 23.5 Å². The molecule has 0 unspecified atom stereocenters. The monoisotopic (exact) mass is 463 g/mol. The molecule has 1 saturated heterocycles. The number of nitrogens with zero attached hydrogens (tertiary/aromatic N) is 1. The lowest BCUT2D eigenvalue weighted by atomic mass is 10.1. The van der Waals surface area contributed by atoms with Gasteiger partial charge in [-0.25, -0.2) is 8.78 Å². The van der Waals surface area contributed by atoms with Gasteiger partial charge in [-0.2, -0.15) is 0 Å². The van der Waals surface area contributed by atoms with E-state index in [1.807, 2.05) is 0 Å². The second kappa shape index (κ2) is 10.2. The molecule has 1 aliphatic heterocycles. The normalized spacial score (nSPS) is 14.7. The number of aliphatic hydroxyl groups is 1. The summed E-state index contributed by atoms with van der Waals surface area (Å²) >= 11 is 6.07. The Kier molecular flexibility index (Phi) is 7.42. The zero-order valence-electron chi connectivity index (χ0n) is 16.8. The highest BCUT2D eigenvalue weighted by Crippen LogP contribution is 2.27. The lowest BCUT2D eigenvalue weighted by Gasteiger charge is -2.32. The minimum atomic E-state index is -1.04. The zero-order valence-corrected chi connectivity index (χ0v) is 17.5. The topological polar surface area (TPSA) is 103 Å². The minimum Gasteiger partial charge on any atom is -0.503 e. The van der Waals surface area contributed by atoms with Gasteiger partial charge in [0.15, 0.2) is 5.76 Å². The van der Waals surface area contributed by atoms with Crippen molar-refractivity contribution in [3.05, 3.63) is 70.5 Å². The number of aliphatic hydroxyl groups excluding tert-OH is 1. The fourth-order valence-corrected chi connectivity index (χ4v) is 3.43. The molecule has 10 heteroatoms. The maximum Gasteiger partial charge on any atom is 0.290 e. The van der Waals surface area contributed by atoms with Crippen LogP contribution < -0.4 is 10.1 Å². The number of ether oxygens (including phenoxy) is 1. The van der Waals surface area contributed by atoms with E-state index >= 15 is 0 Å². The van der Waals surface area contributed by atoms with Gasteiger partial charge in [0.05, 0.1) is 16.3 Å². The highest BCUT2D eigenvalue weighted by Gasteiger charge is 2.27. The van der Waals surface area contributed by atoms with Gasteiger partial charge < -0.3 is 25.5 Å². The first-order valence-corrected chi connectivity index (χ1v) is 10.1. The molecule has 0 atom stereocenters. The number of carbonyl (C=O) groups excluding carboxylic acids is 2. The first-order valence-electron chi connectivity index (χ1n) is 9.70. The molecular weight excluding hydrogens is 444 g/mol. The molecule has 3 rings (SSSR count). The average molecular weight is 464 g/mol. The fourth-order valence-electron chi connectivity index (χ4n) is 3.20. The second-order valence-electron chi connectivity index (χ2n) is 7.05. The molecule has 0 aliphatic carbocycles. The van der Waals surface area contributed by atoms with E-state index in [0.717, 1.165) is 18.2 Å². The largest absolute Gasteiger partial charge is 0.503 e. The first-order chi connectivity index (χ1) is 15.3. The summed E-state index contributed by atoms with van der Waals surface area (Å²) in [5.74, 6) is -2.96. The van der Waals surface area contributed by atoms with E-state index in [2.05, 4.69) is 5.32 Å². The van der Waals surface area contributed by atoms with Gasteiger partial charge in [0.25, 0.3) is 11.8 Å². The van der Waals surface area contributed by atoms with Gasteiger partial charge >= 0.3 is 0 Å². The molecule has 0 spiro atoms. The molecule has 0 bridgehead atoms. The number of piperidine rings is 1. The molecular formula is C22H20ClF2N3O4. The summed E-state index contributed by atoms with van der Waals surface area (Å²) in [6.07, 6.45) is 2.45. The van der Waals surface area contributed by atoms with Crippen LogP contribution in [0.4, 0.5) is 14.5 Å². The predicted molar refractivity (Wildman–Crippen MR) is 115 cm³/mol. The quantitative estimate of drug-likeness (QED) is 0.337. The van der Waals surface area contributed by atoms with Crippen molar-refractivity contribution >= 4 is 35.3 Å². The maximum atomic E-state index is 14.2. The Morgan fingerprint density at radius 3 is 2.47 bits per heavy atom. The summed E-state index contributed by atoms with van der Waals surface area (Å²) < 4.78 is 33.1. The molecule has 0 radical (unpaired) electrons. The van der Waals surface area contributed by atoms with Gasteiger partial charge in [-0.15, -0.1) is 0 Å². The third-order valence-electron chi connectivity index (χ3n) is 4.85. The van der Waals surface area contributed by atoms with E-state index in [0.29, 0.717) is 37.9 Å². The zero-order chi connectivity index (χ0) is 23.3. The molecule has 2 aromatic carbocycles. The lowest BCUT2D eigenvalue weighted by Crippen LogP contribution is -2.42. The Balaban J connectivity index is 1.67. The third kappa shape index (κ3) is 5.61. The van der Waals surface area contributed by atoms with Crippen molar-refractivity contribution in [2.75, 3.05) is 18.4 Å². The van der Waals surface area contributed by atoms with Gasteiger partial charge in [-0.3, -0.25) is 9.59 Å². The Hall–Kier alpha value is -3.46. The molecule has 0 saturated carbocycles. The molecule has 32 heavy (non-hydrogen) atoms. The van der Waals surface area contributed by atoms with Crippen LogP contribution in [0.2, 0.25) is 5.02 Å². The summed E-state index contributed by atoms with van der Waals surface area (Å²) in [5, 5.41) is 18.4. The number of halogens is 3. The maximum absolute atomic E-state index is 14.2. The van der Waals surface area contributed by atoms with Crippen LogP contribution in [-0.4, -0.2) is 47.2 Å². The highest BCUT2D eigenvalue weighted by molar-refractivity contribution is 6.34. The highest BCUT2D eigenvalue weighted by atomic mass is 35.5. The van der Waals surface area contributed by atoms with Crippen LogP contribution in [0.3, 0.4) is 0 Å². The molecule has 7 nitrogen and oxygen atoms in total. The average Bonchev–Trinajstić information content (AvgIpc) is 2.77. The van der Waals surface area contributed by atoms with E-state index in [9.17, 15) is 23.5 Å². The van der Waals surface area contributed by atoms with Crippen molar-refractivity contribution in [2.24, 2.45) is 0 Å². The predicted octanol–water partition coefficient (Wildman–Crippen LogP) is 4.33. The summed E-state index contributed by atoms with van der Waals surface area (Å²) in [6.45, 7) is 0.728. The van der Waals surface area contributed by atoms with E-state index in [1.165, 1.54) is 24.3 Å². The smallest absolute Gasteiger partial charge is 0.290 e. The Labute approximate surface area is 187 Å². The van der Waals surface area contributed by atoms with Crippen LogP contribution in [0.25, 0.3) is 0 Å². The number of anilines is 1. The molecule has 1 heterocycles. The van der Waals surface area contributed by atoms with Crippen LogP contribution in [0.1, 0.15) is 23.2 Å². The number of likely N-dealkylation sites (tertiary alicyclic amines) is 1. The Morgan fingerprint density at radius 1 is 1.19 bits per heavy atom. The van der Waals surface area contributed by atoms with Gasteiger partial charge in [0, 0.05) is 38.2 Å². The number of amides is 2. The van der Waals surface area contributed by atoms with E-state index in [1.54, 1.807) is 4.90 Å². The molecule has 2 aromatic rings. The second-order valence-corrected chi connectivity index (χ2v) is 7.46. The van der Waals surface area contributed by atoms with Gasteiger partial charge in [-0.05, 0) is 36.4 Å². The molecule has 0 aromatic heterocycles. The van der Waals surface area contributed by atoms with Crippen molar-refractivity contribution in [1.29, 1.82) is 5.41 Å². The Bertz CT molecular complexity index is 1050. The molecule has 1 aliphatic rings. The standard InChI is InChI=1S/C22H20ClF2N3O4/c23-17-12-18(25)19(27-21(30)20(29)5-8-26)11-16(17)22(31)28-9-6-15(7-10-28)32-14-3-1-13(24)2-4-14/h1-5,8,11-12,15,26,29H,6-7,9-10H2,(H,27,30)/b20-5-,26-8?. The SMILES string of the molecule is N=C/C=C(\O)C(=O)Nc1cc(C(=O)N2CCC(Oc3ccc(F)cc3)CC2)c(Cl)cc1F. The van der Waals surface area contributed by atoms with E-state index < -0.39 is 23.4 Å². The van der Waals surface area contributed by atoms with Crippen molar-refractivity contribution in [3.8, 4) is 5.75 Å². The van der Waals surface area contributed by atoms with Crippen molar-refractivity contribution in [3.63, 3.8) is 0 Å². The number of hydrogen-bond acceptors (Lipinski definition) is 5. The third-order valence-corrected chi connectivity index (χ3v) is 5.17. The number of hydrogen-bond donors (Lipinski definition) is 3. The van der Waals surface area contributed by atoms with Gasteiger partial charge in [-0.1, -0.05) is 11.6 Å². The minimum absolute atomic E-state index is 0.00297. The van der Waals surface area contributed by atoms with Crippen LogP contribution in [-0.2, 0) is 4.79 Å². The summed E-state index contributed by atoms with van der Waals surface area (Å²) in [7, 11) is 0. The first kappa shape index (κ1) is 23.2. The number of nitrogens with one attached hydrogen (secondary N) is 2. The number of carbonyl (C=O) groups is 2. The van der Waals surface area contributed by atoms with Crippen molar-refractivity contribution in [2.45, 2.75) is 18.9 Å². The van der Waals surface area contributed by atoms with Crippen LogP contribution in [0.15, 0.2) is 48.2 Å². The summed E-state index contributed by atoms with van der Waals surface area (Å²) in [6, 6.07) is 7.71. The van der Waals surface area contributed by atoms with Crippen LogP contribution in [0.5, 0.6) is 5.75 Å². The summed E-state index contributed by atoms with van der Waals surface area (Å²) in [4.78, 5) is 26.3. The molecule has 168 valence electrons. The van der Waals surface area contributed by atoms with Crippen molar-refractivity contribution < 1.29 is 28.2 Å². The molecule has 2 amide bonds. The number of allylic oxidation sites excluding steroid dienone is 1. The van der Waals surface area contributed by atoms with Crippen LogP contribution >= 0.6 is 11.6 Å². The molecule has 1 fully saturated rings. The Morgan fingerprint density at radius 2 is 1.84 bits per heavy atom. The van der Waals surface area contributed by atoms with Crippen LogP contribution in [0, 0.1) is 17.0 Å². The van der Waals surface area contributed by atoms with Crippen molar-refractivity contribution in [1.82, 2.24) is 4.90 Å². The number of rotatable bonds is 6.